The van der Waals surface area contributed by atoms with E-state index in [1.165, 1.54) is 22.9 Å². The molecule has 6 nitrogen and oxygen atoms in total. The van der Waals surface area contributed by atoms with Gasteiger partial charge in [-0.15, -0.1) is 0 Å². The van der Waals surface area contributed by atoms with Crippen LogP contribution in [-0.2, 0) is 16.1 Å². The predicted molar refractivity (Wildman–Crippen MR) is 96.9 cm³/mol. The van der Waals surface area contributed by atoms with E-state index in [9.17, 15) is 28.3 Å². The highest BCUT2D eigenvalue weighted by Crippen LogP contribution is 2.19. The molecule has 0 aliphatic rings. The molecule has 0 atom stereocenters. The molecular weight excluding hydrogens is 372 g/mol. The molecule has 0 aliphatic heterocycles. The first kappa shape index (κ1) is 19.0. The summed E-state index contributed by atoms with van der Waals surface area (Å²) in [5, 5.41) is 18.9. The van der Waals surface area contributed by atoms with Crippen LogP contribution in [0.4, 0.5) is 8.78 Å². The molecule has 3 aromatic rings. The van der Waals surface area contributed by atoms with Gasteiger partial charge in [0, 0.05) is 29.3 Å². The minimum atomic E-state index is -1.79. The molecule has 0 fully saturated rings. The molecule has 1 aromatic heterocycles. The molecule has 0 aliphatic carbocycles. The highest BCUT2D eigenvalue weighted by atomic mass is 19.1. The highest BCUT2D eigenvalue weighted by molar-refractivity contribution is 6.38. The molecule has 3 rings (SSSR count). The Kier molecular flexibility index (Phi) is 5.04. The van der Waals surface area contributed by atoms with Crippen molar-refractivity contribution in [2.24, 2.45) is 0 Å². The molecule has 0 bridgehead atoms. The molecule has 0 spiro atoms. The van der Waals surface area contributed by atoms with Gasteiger partial charge in [0.15, 0.2) is 5.43 Å². The van der Waals surface area contributed by atoms with Gasteiger partial charge < -0.3 is 14.8 Å². The molecule has 2 aromatic carbocycles. The van der Waals surface area contributed by atoms with E-state index in [1.54, 1.807) is 18.2 Å². The number of rotatable bonds is 5. The molecule has 1 heterocycles. The molecule has 142 valence electrons. The first-order valence-electron chi connectivity index (χ1n) is 8.02. The van der Waals surface area contributed by atoms with Gasteiger partial charge in [-0.05, 0) is 18.2 Å². The fourth-order valence-electron chi connectivity index (χ4n) is 2.76. The number of benzene rings is 2. The summed E-state index contributed by atoms with van der Waals surface area (Å²) >= 11 is 0. The second kappa shape index (κ2) is 7.43. The SMILES string of the molecule is O=C(O)C(=O)C=C(O)c1cn(Cc2ccc(F)cc2F)c2ccccc2c1=O. The largest absolute Gasteiger partial charge is 0.507 e. The lowest BCUT2D eigenvalue weighted by atomic mass is 10.1. The van der Waals surface area contributed by atoms with E-state index in [2.05, 4.69) is 0 Å². The summed E-state index contributed by atoms with van der Waals surface area (Å²) in [5.74, 6) is -5.54. The third-order valence-electron chi connectivity index (χ3n) is 4.10. The minimum Gasteiger partial charge on any atom is -0.507 e. The van der Waals surface area contributed by atoms with Crippen molar-refractivity contribution in [2.75, 3.05) is 0 Å². The monoisotopic (exact) mass is 385 g/mol. The van der Waals surface area contributed by atoms with E-state index < -0.39 is 34.6 Å². The van der Waals surface area contributed by atoms with Gasteiger partial charge in [-0.2, -0.15) is 0 Å². The van der Waals surface area contributed by atoms with Gasteiger partial charge in [0.05, 0.1) is 17.6 Å². The molecule has 0 saturated heterocycles. The van der Waals surface area contributed by atoms with Crippen molar-refractivity contribution >= 4 is 28.4 Å². The van der Waals surface area contributed by atoms with Gasteiger partial charge in [-0.1, -0.05) is 18.2 Å². The van der Waals surface area contributed by atoms with Gasteiger partial charge in [0.2, 0.25) is 0 Å². The smallest absolute Gasteiger partial charge is 0.376 e. The van der Waals surface area contributed by atoms with Crippen LogP contribution in [0.15, 0.2) is 59.5 Å². The third kappa shape index (κ3) is 3.66. The van der Waals surface area contributed by atoms with E-state index in [0.29, 0.717) is 11.6 Å². The van der Waals surface area contributed by atoms with Crippen LogP contribution in [0.25, 0.3) is 16.7 Å². The molecule has 8 heteroatoms. The summed E-state index contributed by atoms with van der Waals surface area (Å²) in [6.45, 7) is -0.0972. The summed E-state index contributed by atoms with van der Waals surface area (Å²) in [5.41, 5.74) is -0.405. The van der Waals surface area contributed by atoms with Crippen molar-refractivity contribution in [3.8, 4) is 0 Å². The van der Waals surface area contributed by atoms with Crippen molar-refractivity contribution in [1.82, 2.24) is 4.57 Å². The van der Waals surface area contributed by atoms with Crippen LogP contribution in [0.1, 0.15) is 11.1 Å². The van der Waals surface area contributed by atoms with Crippen molar-refractivity contribution in [3.05, 3.63) is 87.7 Å². The van der Waals surface area contributed by atoms with E-state index in [0.717, 1.165) is 12.1 Å². The number of aliphatic carboxylic acids is 1. The van der Waals surface area contributed by atoms with Crippen LogP contribution >= 0.6 is 0 Å². The van der Waals surface area contributed by atoms with Crippen molar-refractivity contribution in [1.29, 1.82) is 0 Å². The van der Waals surface area contributed by atoms with Crippen LogP contribution < -0.4 is 5.43 Å². The normalized spacial score (nSPS) is 11.6. The second-order valence-electron chi connectivity index (χ2n) is 5.95. The maximum Gasteiger partial charge on any atom is 0.376 e. The van der Waals surface area contributed by atoms with Crippen molar-refractivity contribution < 1.29 is 28.6 Å². The number of aromatic nitrogens is 1. The van der Waals surface area contributed by atoms with Gasteiger partial charge in [0.25, 0.3) is 5.78 Å². The second-order valence-corrected chi connectivity index (χ2v) is 5.95. The Morgan fingerprint density at radius 1 is 1.07 bits per heavy atom. The number of aliphatic hydroxyl groups is 1. The fourth-order valence-corrected chi connectivity index (χ4v) is 2.76. The van der Waals surface area contributed by atoms with Crippen LogP contribution in [-0.4, -0.2) is 26.5 Å². The summed E-state index contributed by atoms with van der Waals surface area (Å²) in [7, 11) is 0. The van der Waals surface area contributed by atoms with Gasteiger partial charge in [-0.3, -0.25) is 9.59 Å². The Morgan fingerprint density at radius 2 is 1.79 bits per heavy atom. The Bertz CT molecular complexity index is 1200. The molecule has 0 amide bonds. The lowest BCUT2D eigenvalue weighted by Crippen LogP contribution is -2.17. The van der Waals surface area contributed by atoms with Crippen LogP contribution in [0.2, 0.25) is 0 Å². The van der Waals surface area contributed by atoms with E-state index >= 15 is 0 Å². The lowest BCUT2D eigenvalue weighted by molar-refractivity contribution is -0.146. The van der Waals surface area contributed by atoms with Crippen LogP contribution in [0, 0.1) is 11.6 Å². The number of pyridine rings is 1. The summed E-state index contributed by atoms with van der Waals surface area (Å²) < 4.78 is 28.6. The number of carbonyl (C=O) groups excluding carboxylic acids is 1. The molecule has 0 saturated carbocycles. The van der Waals surface area contributed by atoms with Gasteiger partial charge in [-0.25, -0.2) is 13.6 Å². The van der Waals surface area contributed by atoms with Gasteiger partial charge in [0.1, 0.15) is 17.4 Å². The van der Waals surface area contributed by atoms with E-state index in [4.69, 9.17) is 5.11 Å². The summed E-state index contributed by atoms with van der Waals surface area (Å²) in [6, 6.07) is 9.38. The van der Waals surface area contributed by atoms with Crippen LogP contribution in [0.5, 0.6) is 0 Å². The van der Waals surface area contributed by atoms with Crippen molar-refractivity contribution in [2.45, 2.75) is 6.54 Å². The van der Waals surface area contributed by atoms with Crippen LogP contribution in [0.3, 0.4) is 0 Å². The third-order valence-corrected chi connectivity index (χ3v) is 4.10. The Morgan fingerprint density at radius 3 is 2.46 bits per heavy atom. The number of aliphatic hydroxyl groups excluding tert-OH is 1. The minimum absolute atomic E-state index is 0.0972. The highest BCUT2D eigenvalue weighted by Gasteiger charge is 2.16. The number of halogens is 2. The zero-order valence-corrected chi connectivity index (χ0v) is 14.2. The van der Waals surface area contributed by atoms with Gasteiger partial charge >= 0.3 is 5.97 Å². The number of ketones is 1. The summed E-state index contributed by atoms with van der Waals surface area (Å²) in [6.07, 6.45) is 1.62. The standard InChI is InChI=1S/C20H13F2NO5/c21-12-6-5-11(15(22)7-12)9-23-10-14(17(24)8-18(25)20(27)28)19(26)13-3-1-2-4-16(13)23/h1-8,10,24H,9H2,(H,27,28). The maximum absolute atomic E-state index is 14.0. The molecule has 28 heavy (non-hydrogen) atoms. The average Bonchev–Trinajstić information content (AvgIpc) is 2.65. The van der Waals surface area contributed by atoms with E-state index in [-0.39, 0.29) is 23.1 Å². The zero-order valence-electron chi connectivity index (χ0n) is 14.2. The quantitative estimate of drug-likeness (QED) is 0.400. The topological polar surface area (TPSA) is 96.6 Å². The molecule has 2 N–H and O–H groups in total. The molecule has 0 unspecified atom stereocenters. The van der Waals surface area contributed by atoms with E-state index in [1.807, 2.05) is 0 Å². The molecule has 0 radical (unpaired) electrons. The zero-order chi connectivity index (χ0) is 20.4. The number of para-hydroxylation sites is 1. The lowest BCUT2D eigenvalue weighted by Gasteiger charge is -2.14. The van der Waals surface area contributed by atoms with Crippen molar-refractivity contribution in [3.63, 3.8) is 0 Å². The summed E-state index contributed by atoms with van der Waals surface area (Å²) in [4.78, 5) is 34.6. The predicted octanol–water partition coefficient (Wildman–Crippen LogP) is 2.88. The number of carboxylic acids is 1. The maximum atomic E-state index is 14.0. The first-order valence-corrected chi connectivity index (χ1v) is 8.02. The first-order chi connectivity index (χ1) is 13.3. The number of nitrogens with zero attached hydrogens (tertiary/aromatic N) is 1. The Hall–Kier alpha value is -3.81. The number of hydrogen-bond donors (Lipinski definition) is 2. The Labute approximate surface area is 156 Å². The number of carboxylic acid groups (broad SMARTS) is 1. The fraction of sp³-hybridized carbons (Fsp3) is 0.0500. The molecular formula is C20H13F2NO5. The number of hydrogen-bond acceptors (Lipinski definition) is 4. The Balaban J connectivity index is 2.19. The number of carbonyl (C=O) groups is 2. The number of fused-ring (bicyclic) bond motifs is 1. The average molecular weight is 385 g/mol.